The Morgan fingerprint density at radius 3 is 2.73 bits per heavy atom. The highest BCUT2D eigenvalue weighted by atomic mass is 16.2. The van der Waals surface area contributed by atoms with Gasteiger partial charge in [-0.1, -0.05) is 42.5 Å². The Balaban J connectivity index is 1.80. The van der Waals surface area contributed by atoms with E-state index in [9.17, 15) is 9.59 Å². The van der Waals surface area contributed by atoms with E-state index in [1.54, 1.807) is 14.0 Å². The summed E-state index contributed by atoms with van der Waals surface area (Å²) in [7, 11) is 1.74. The van der Waals surface area contributed by atoms with Gasteiger partial charge in [-0.15, -0.1) is 0 Å². The van der Waals surface area contributed by atoms with E-state index < -0.39 is 6.04 Å². The summed E-state index contributed by atoms with van der Waals surface area (Å²) in [6.45, 7) is 8.76. The molecule has 0 saturated carbocycles. The van der Waals surface area contributed by atoms with Crippen LogP contribution in [0.5, 0.6) is 0 Å². The van der Waals surface area contributed by atoms with Gasteiger partial charge >= 0.3 is 0 Å². The number of hydrogen-bond donors (Lipinski definition) is 3. The van der Waals surface area contributed by atoms with Crippen LogP contribution in [0.4, 0.5) is 0 Å². The van der Waals surface area contributed by atoms with Gasteiger partial charge in [-0.05, 0) is 76.3 Å². The van der Waals surface area contributed by atoms with Crippen molar-refractivity contribution in [1.82, 2.24) is 15.5 Å². The van der Waals surface area contributed by atoms with E-state index in [2.05, 4.69) is 29.4 Å². The first-order chi connectivity index (χ1) is 15.8. The molecule has 0 spiro atoms. The number of nitrogens with two attached hydrogens (primary N) is 1. The highest BCUT2D eigenvalue weighted by Gasteiger charge is 2.38. The number of likely N-dealkylation sites (tertiary alicyclic amines) is 1. The van der Waals surface area contributed by atoms with Crippen LogP contribution in [-0.4, -0.2) is 48.4 Å². The van der Waals surface area contributed by atoms with E-state index in [0.29, 0.717) is 12.2 Å². The summed E-state index contributed by atoms with van der Waals surface area (Å²) in [5.74, 6) is -0.191. The molecule has 4 unspecified atom stereocenters. The fraction of sp³-hybridized carbons (Fsp3) is 0.481. The normalized spacial score (nSPS) is 22.6. The number of likely N-dealkylation sites (N-methyl/N-ethyl adjacent to an activating group) is 1. The summed E-state index contributed by atoms with van der Waals surface area (Å²) in [4.78, 5) is 28.3. The zero-order chi connectivity index (χ0) is 24.0. The SMILES string of the molecule is C=C(/C=C(\N)c1cccc(C)c1)C1CCCN1C(=O)C(NC(=O)C(C)NC)C1C=CCCC1. The quantitative estimate of drug-likeness (QED) is 0.419. The summed E-state index contributed by atoms with van der Waals surface area (Å²) in [5.41, 5.74) is 9.93. The first kappa shape index (κ1) is 24.8. The number of allylic oxidation sites excluding steroid dienone is 1. The summed E-state index contributed by atoms with van der Waals surface area (Å²) >= 11 is 0. The van der Waals surface area contributed by atoms with E-state index in [4.69, 9.17) is 5.73 Å². The molecular weight excluding hydrogens is 412 g/mol. The Bertz CT molecular complexity index is 936. The highest BCUT2D eigenvalue weighted by molar-refractivity contribution is 5.90. The number of benzene rings is 1. The number of rotatable bonds is 8. The molecule has 1 heterocycles. The third kappa shape index (κ3) is 6.14. The number of aryl methyl sites for hydroxylation is 1. The smallest absolute Gasteiger partial charge is 0.246 e. The van der Waals surface area contributed by atoms with Crippen LogP contribution in [0.1, 0.15) is 50.2 Å². The number of carbonyl (C=O) groups excluding carboxylic acids is 2. The topological polar surface area (TPSA) is 87.5 Å². The highest BCUT2D eigenvalue weighted by Crippen LogP contribution is 2.29. The third-order valence-electron chi connectivity index (χ3n) is 6.77. The van der Waals surface area contributed by atoms with E-state index in [1.165, 1.54) is 0 Å². The maximum Gasteiger partial charge on any atom is 0.246 e. The molecular formula is C27H38N4O2. The molecule has 2 amide bonds. The van der Waals surface area contributed by atoms with Crippen molar-refractivity contribution in [1.29, 1.82) is 0 Å². The lowest BCUT2D eigenvalue weighted by atomic mass is 9.88. The second-order valence-corrected chi connectivity index (χ2v) is 9.25. The summed E-state index contributed by atoms with van der Waals surface area (Å²) in [6.07, 6.45) is 10.8. The lowest BCUT2D eigenvalue weighted by Gasteiger charge is -2.34. The van der Waals surface area contributed by atoms with E-state index in [1.807, 2.05) is 42.2 Å². The molecule has 0 bridgehead atoms. The molecule has 2 aliphatic rings. The monoisotopic (exact) mass is 450 g/mol. The van der Waals surface area contributed by atoms with Crippen LogP contribution < -0.4 is 16.4 Å². The Morgan fingerprint density at radius 2 is 2.06 bits per heavy atom. The molecule has 0 aromatic heterocycles. The molecule has 1 aliphatic carbocycles. The van der Waals surface area contributed by atoms with Crippen molar-refractivity contribution in [3.8, 4) is 0 Å². The van der Waals surface area contributed by atoms with Gasteiger partial charge in [0.2, 0.25) is 11.8 Å². The zero-order valence-electron chi connectivity index (χ0n) is 20.1. The Hall–Kier alpha value is -2.86. The van der Waals surface area contributed by atoms with Crippen LogP contribution in [0.25, 0.3) is 5.70 Å². The predicted molar refractivity (Wildman–Crippen MR) is 134 cm³/mol. The molecule has 1 aliphatic heterocycles. The molecule has 6 heteroatoms. The van der Waals surface area contributed by atoms with E-state index >= 15 is 0 Å². The van der Waals surface area contributed by atoms with Crippen molar-refractivity contribution in [2.75, 3.05) is 13.6 Å². The molecule has 3 rings (SSSR count). The second-order valence-electron chi connectivity index (χ2n) is 9.25. The van der Waals surface area contributed by atoms with Crippen molar-refractivity contribution in [2.45, 2.75) is 64.1 Å². The van der Waals surface area contributed by atoms with E-state index in [0.717, 1.165) is 48.8 Å². The van der Waals surface area contributed by atoms with Crippen LogP contribution in [-0.2, 0) is 9.59 Å². The van der Waals surface area contributed by atoms with Crippen LogP contribution >= 0.6 is 0 Å². The number of nitrogens with one attached hydrogen (secondary N) is 2. The van der Waals surface area contributed by atoms with Crippen LogP contribution in [0.2, 0.25) is 0 Å². The van der Waals surface area contributed by atoms with Crippen LogP contribution in [0.3, 0.4) is 0 Å². The second kappa shape index (κ2) is 11.3. The maximum atomic E-state index is 13.8. The summed E-state index contributed by atoms with van der Waals surface area (Å²) in [6, 6.07) is 6.98. The van der Waals surface area contributed by atoms with Crippen molar-refractivity contribution < 1.29 is 9.59 Å². The number of hydrogen-bond acceptors (Lipinski definition) is 4. The van der Waals surface area contributed by atoms with Crippen LogP contribution in [0.15, 0.2) is 54.6 Å². The molecule has 1 aromatic rings. The first-order valence-corrected chi connectivity index (χ1v) is 12.0. The summed E-state index contributed by atoms with van der Waals surface area (Å²) in [5, 5.41) is 5.99. The van der Waals surface area contributed by atoms with Crippen molar-refractivity contribution in [3.63, 3.8) is 0 Å². The fourth-order valence-corrected chi connectivity index (χ4v) is 4.68. The number of amides is 2. The van der Waals surface area contributed by atoms with Crippen molar-refractivity contribution in [2.24, 2.45) is 11.7 Å². The summed E-state index contributed by atoms with van der Waals surface area (Å²) < 4.78 is 0. The standard InChI is InChI=1S/C27H38N4O2/c1-18-10-8-13-22(16-18)23(28)17-19(2)24-14-9-15-31(24)27(33)25(21-11-6-5-7-12-21)30-26(32)20(3)29-4/h6,8,10-11,13,16-17,20-21,24-25,29H,2,5,7,9,12,14-15,28H2,1,3-4H3,(H,30,32)/b23-17-. The van der Waals surface area contributed by atoms with Gasteiger partial charge in [0.1, 0.15) is 6.04 Å². The van der Waals surface area contributed by atoms with Gasteiger partial charge in [0, 0.05) is 18.2 Å². The molecule has 33 heavy (non-hydrogen) atoms. The Labute approximate surface area is 198 Å². The largest absolute Gasteiger partial charge is 0.398 e. The molecule has 0 radical (unpaired) electrons. The average molecular weight is 451 g/mol. The predicted octanol–water partition coefficient (Wildman–Crippen LogP) is 3.29. The van der Waals surface area contributed by atoms with Gasteiger partial charge < -0.3 is 21.3 Å². The van der Waals surface area contributed by atoms with Crippen molar-refractivity contribution in [3.05, 3.63) is 65.8 Å². The van der Waals surface area contributed by atoms with Gasteiger partial charge in [0.25, 0.3) is 0 Å². The lowest BCUT2D eigenvalue weighted by molar-refractivity contribution is -0.138. The molecule has 4 N–H and O–H groups in total. The van der Waals surface area contributed by atoms with Gasteiger partial charge in [-0.3, -0.25) is 9.59 Å². The van der Waals surface area contributed by atoms with Crippen molar-refractivity contribution >= 4 is 17.5 Å². The average Bonchev–Trinajstić information content (AvgIpc) is 3.32. The molecule has 1 saturated heterocycles. The maximum absolute atomic E-state index is 13.8. The van der Waals surface area contributed by atoms with Gasteiger partial charge in [-0.2, -0.15) is 0 Å². The van der Waals surface area contributed by atoms with E-state index in [-0.39, 0.29) is 29.8 Å². The Kier molecular flexibility index (Phi) is 8.50. The minimum atomic E-state index is -0.573. The molecule has 1 aromatic carbocycles. The van der Waals surface area contributed by atoms with Crippen LogP contribution in [0, 0.1) is 12.8 Å². The molecule has 4 atom stereocenters. The molecule has 1 fully saturated rings. The minimum absolute atomic E-state index is 0.00155. The number of carbonyl (C=O) groups is 2. The zero-order valence-corrected chi connectivity index (χ0v) is 20.1. The number of nitrogens with zero attached hydrogens (tertiary/aromatic N) is 1. The molecule has 178 valence electrons. The lowest BCUT2D eigenvalue weighted by Crippen LogP contribution is -2.56. The first-order valence-electron chi connectivity index (χ1n) is 12.0. The van der Waals surface area contributed by atoms with Gasteiger partial charge in [-0.25, -0.2) is 0 Å². The third-order valence-corrected chi connectivity index (χ3v) is 6.77. The van der Waals surface area contributed by atoms with Gasteiger partial charge in [0.15, 0.2) is 0 Å². The van der Waals surface area contributed by atoms with Gasteiger partial charge in [0.05, 0.1) is 12.1 Å². The fourth-order valence-electron chi connectivity index (χ4n) is 4.68. The Morgan fingerprint density at radius 1 is 1.27 bits per heavy atom. The minimum Gasteiger partial charge on any atom is -0.398 e. The molecule has 6 nitrogen and oxygen atoms in total.